The summed E-state index contributed by atoms with van der Waals surface area (Å²) in [4.78, 5) is 0. The number of para-hydroxylation sites is 1. The van der Waals surface area contributed by atoms with Crippen molar-refractivity contribution in [1.82, 2.24) is 0 Å². The Morgan fingerprint density at radius 3 is 2.64 bits per heavy atom. The van der Waals surface area contributed by atoms with E-state index in [0.717, 1.165) is 29.3 Å². The second-order valence-corrected chi connectivity index (χ2v) is 4.94. The molecule has 76 valence electrons. The third-order valence-corrected chi connectivity index (χ3v) is 3.57. The number of halogens is 1. The number of phenolic OH excluding ortho intramolecular Hbond substituents is 1. The van der Waals surface area contributed by atoms with Gasteiger partial charge in [-0.3, -0.25) is 0 Å². The minimum atomic E-state index is 0.0538. The summed E-state index contributed by atoms with van der Waals surface area (Å²) in [7, 11) is 0. The van der Waals surface area contributed by atoms with Crippen LogP contribution >= 0.6 is 15.9 Å². The number of hydrogen-bond donors (Lipinski definition) is 2. The molecule has 1 saturated carbocycles. The first-order valence-electron chi connectivity index (χ1n) is 4.74. The van der Waals surface area contributed by atoms with Crippen LogP contribution in [0.1, 0.15) is 18.4 Å². The van der Waals surface area contributed by atoms with Crippen LogP contribution in [-0.4, -0.2) is 16.8 Å². The van der Waals surface area contributed by atoms with Crippen molar-refractivity contribution in [2.75, 3.05) is 6.61 Å². The number of aliphatic hydroxyl groups is 1. The smallest absolute Gasteiger partial charge is 0.132 e. The van der Waals surface area contributed by atoms with E-state index in [1.54, 1.807) is 0 Å². The monoisotopic (exact) mass is 256 g/mol. The van der Waals surface area contributed by atoms with E-state index >= 15 is 0 Å². The van der Waals surface area contributed by atoms with Gasteiger partial charge in [0.15, 0.2) is 0 Å². The summed E-state index contributed by atoms with van der Waals surface area (Å²) in [5.41, 5.74) is 0.976. The van der Waals surface area contributed by atoms with Gasteiger partial charge in [-0.25, -0.2) is 0 Å². The van der Waals surface area contributed by atoms with Crippen molar-refractivity contribution in [1.29, 1.82) is 0 Å². The Morgan fingerprint density at radius 2 is 2.07 bits per heavy atom. The van der Waals surface area contributed by atoms with Crippen molar-refractivity contribution in [3.63, 3.8) is 0 Å². The minimum Gasteiger partial charge on any atom is -0.506 e. The topological polar surface area (TPSA) is 40.5 Å². The zero-order chi connectivity index (χ0) is 10.2. The van der Waals surface area contributed by atoms with Crippen LogP contribution in [0.5, 0.6) is 5.75 Å². The minimum absolute atomic E-state index is 0.0538. The van der Waals surface area contributed by atoms with Crippen LogP contribution in [0.2, 0.25) is 0 Å². The van der Waals surface area contributed by atoms with Crippen LogP contribution in [-0.2, 0) is 6.42 Å². The van der Waals surface area contributed by atoms with Gasteiger partial charge >= 0.3 is 0 Å². The Hall–Kier alpha value is -0.540. The third-order valence-electron chi connectivity index (χ3n) is 2.93. The lowest BCUT2D eigenvalue weighted by Gasteiger charge is -2.13. The first-order valence-corrected chi connectivity index (χ1v) is 5.53. The molecule has 0 radical (unpaired) electrons. The standard InChI is InChI=1S/C11H13BrO2/c12-9-3-1-2-8(10(9)14)6-11(7-13)4-5-11/h1-3,13-14H,4-7H2. The highest BCUT2D eigenvalue weighted by Crippen LogP contribution is 2.49. The maximum absolute atomic E-state index is 9.76. The van der Waals surface area contributed by atoms with Crippen molar-refractivity contribution in [2.45, 2.75) is 19.3 Å². The first kappa shape index (κ1) is 9.99. The van der Waals surface area contributed by atoms with E-state index in [4.69, 9.17) is 0 Å². The fourth-order valence-electron chi connectivity index (χ4n) is 1.67. The lowest BCUT2D eigenvalue weighted by Crippen LogP contribution is -2.10. The molecule has 1 aromatic rings. The number of phenols is 1. The molecule has 0 unspecified atom stereocenters. The molecule has 0 aromatic heterocycles. The molecule has 2 N–H and O–H groups in total. The van der Waals surface area contributed by atoms with Crippen molar-refractivity contribution < 1.29 is 10.2 Å². The lowest BCUT2D eigenvalue weighted by atomic mass is 9.97. The normalized spacial score (nSPS) is 18.1. The average Bonchev–Trinajstić information content (AvgIpc) is 2.94. The number of rotatable bonds is 3. The second-order valence-electron chi connectivity index (χ2n) is 4.08. The van der Waals surface area contributed by atoms with E-state index in [1.807, 2.05) is 18.2 Å². The highest BCUT2D eigenvalue weighted by atomic mass is 79.9. The van der Waals surface area contributed by atoms with Crippen molar-refractivity contribution in [3.8, 4) is 5.75 Å². The Balaban J connectivity index is 2.21. The van der Waals surface area contributed by atoms with Crippen LogP contribution in [0.25, 0.3) is 0 Å². The fourth-order valence-corrected chi connectivity index (χ4v) is 2.08. The lowest BCUT2D eigenvalue weighted by molar-refractivity contribution is 0.210. The van der Waals surface area contributed by atoms with Crippen LogP contribution in [0, 0.1) is 5.41 Å². The van der Waals surface area contributed by atoms with Gasteiger partial charge < -0.3 is 10.2 Å². The Bertz CT molecular complexity index is 345. The van der Waals surface area contributed by atoms with E-state index in [-0.39, 0.29) is 12.0 Å². The fraction of sp³-hybridized carbons (Fsp3) is 0.455. The molecule has 0 amide bonds. The van der Waals surface area contributed by atoms with Crippen molar-refractivity contribution in [2.24, 2.45) is 5.41 Å². The highest BCUT2D eigenvalue weighted by molar-refractivity contribution is 9.10. The molecule has 2 nitrogen and oxygen atoms in total. The van der Waals surface area contributed by atoms with E-state index in [2.05, 4.69) is 15.9 Å². The summed E-state index contributed by atoms with van der Waals surface area (Å²) in [5, 5.41) is 18.9. The average molecular weight is 257 g/mol. The van der Waals surface area contributed by atoms with Gasteiger partial charge in [-0.2, -0.15) is 0 Å². The molecular formula is C11H13BrO2. The highest BCUT2D eigenvalue weighted by Gasteiger charge is 2.42. The van der Waals surface area contributed by atoms with E-state index in [9.17, 15) is 10.2 Å². The molecule has 14 heavy (non-hydrogen) atoms. The zero-order valence-electron chi connectivity index (χ0n) is 7.83. The molecule has 0 heterocycles. The molecule has 1 aliphatic rings. The summed E-state index contributed by atoms with van der Waals surface area (Å²) in [5.74, 6) is 0.312. The molecule has 0 saturated heterocycles. The molecule has 0 aliphatic heterocycles. The summed E-state index contributed by atoms with van der Waals surface area (Å²) in [6.45, 7) is 0.221. The Kier molecular flexibility index (Phi) is 2.54. The quantitative estimate of drug-likeness (QED) is 0.873. The molecule has 3 heteroatoms. The van der Waals surface area contributed by atoms with Gasteiger partial charge in [0.2, 0.25) is 0 Å². The molecule has 0 atom stereocenters. The predicted octanol–water partition coefficient (Wildman–Crippen LogP) is 2.47. The number of aliphatic hydroxyl groups excluding tert-OH is 1. The molecule has 0 spiro atoms. The largest absolute Gasteiger partial charge is 0.506 e. The maximum Gasteiger partial charge on any atom is 0.132 e. The zero-order valence-corrected chi connectivity index (χ0v) is 9.42. The predicted molar refractivity (Wildman–Crippen MR) is 58.3 cm³/mol. The molecule has 1 aliphatic carbocycles. The van der Waals surface area contributed by atoms with Crippen LogP contribution < -0.4 is 0 Å². The summed E-state index contributed by atoms with van der Waals surface area (Å²) >= 11 is 3.28. The number of hydrogen-bond acceptors (Lipinski definition) is 2. The number of aromatic hydroxyl groups is 1. The summed E-state index contributed by atoms with van der Waals surface area (Å²) in [6.07, 6.45) is 2.90. The second kappa shape index (κ2) is 3.55. The molecule has 2 rings (SSSR count). The van der Waals surface area contributed by atoms with Gasteiger partial charge in [-0.15, -0.1) is 0 Å². The SMILES string of the molecule is OCC1(Cc2cccc(Br)c2O)CC1. The van der Waals surface area contributed by atoms with Gasteiger partial charge in [-0.1, -0.05) is 12.1 Å². The molecular weight excluding hydrogens is 244 g/mol. The molecule has 1 fully saturated rings. The Morgan fingerprint density at radius 1 is 1.36 bits per heavy atom. The van der Waals surface area contributed by atoms with E-state index < -0.39 is 0 Å². The van der Waals surface area contributed by atoms with E-state index in [1.165, 1.54) is 0 Å². The van der Waals surface area contributed by atoms with Gasteiger partial charge in [0, 0.05) is 6.61 Å². The van der Waals surface area contributed by atoms with Gasteiger partial charge in [-0.05, 0) is 52.2 Å². The summed E-state index contributed by atoms with van der Waals surface area (Å²) < 4.78 is 0.726. The summed E-state index contributed by atoms with van der Waals surface area (Å²) in [6, 6.07) is 5.64. The maximum atomic E-state index is 9.76. The van der Waals surface area contributed by atoms with Gasteiger partial charge in [0.05, 0.1) is 4.47 Å². The van der Waals surface area contributed by atoms with Crippen LogP contribution in [0.3, 0.4) is 0 Å². The van der Waals surface area contributed by atoms with Crippen LogP contribution in [0.4, 0.5) is 0 Å². The van der Waals surface area contributed by atoms with Gasteiger partial charge in [0.25, 0.3) is 0 Å². The number of benzene rings is 1. The van der Waals surface area contributed by atoms with E-state index in [0.29, 0.717) is 5.75 Å². The Labute approximate surface area is 91.7 Å². The van der Waals surface area contributed by atoms with Crippen molar-refractivity contribution >= 4 is 15.9 Å². The molecule has 1 aromatic carbocycles. The third kappa shape index (κ3) is 1.79. The van der Waals surface area contributed by atoms with Crippen molar-refractivity contribution in [3.05, 3.63) is 28.2 Å². The van der Waals surface area contributed by atoms with Crippen LogP contribution in [0.15, 0.2) is 22.7 Å². The van der Waals surface area contributed by atoms with Gasteiger partial charge in [0.1, 0.15) is 5.75 Å². The molecule has 0 bridgehead atoms. The first-order chi connectivity index (χ1) is 6.67.